The molecule has 0 spiro atoms. The van der Waals surface area contributed by atoms with Gasteiger partial charge in [-0.05, 0) is 42.5 Å². The second kappa shape index (κ2) is 8.13. The van der Waals surface area contributed by atoms with Crippen LogP contribution in [0.2, 0.25) is 5.02 Å². The molecule has 0 radical (unpaired) electrons. The Bertz CT molecular complexity index is 880. The Morgan fingerprint density at radius 1 is 0.840 bits per heavy atom. The van der Waals surface area contributed by atoms with Gasteiger partial charge in [-0.1, -0.05) is 54.1 Å². The van der Waals surface area contributed by atoms with Crippen molar-refractivity contribution in [3.63, 3.8) is 0 Å². The molecule has 4 nitrogen and oxygen atoms in total. The van der Waals surface area contributed by atoms with E-state index in [1.807, 2.05) is 60.7 Å². The van der Waals surface area contributed by atoms with Gasteiger partial charge in [0.1, 0.15) is 0 Å². The first kappa shape index (κ1) is 16.7. The number of carbonyl (C=O) groups excluding carboxylic acids is 1. The number of nitrogens with one attached hydrogen (secondary N) is 2. The molecule has 0 fully saturated rings. The van der Waals surface area contributed by atoms with Crippen LogP contribution in [-0.4, -0.2) is 11.9 Å². The van der Waals surface area contributed by atoms with Gasteiger partial charge in [-0.2, -0.15) is 0 Å². The lowest BCUT2D eigenvalue weighted by molar-refractivity contribution is 0.0977. The van der Waals surface area contributed by atoms with Gasteiger partial charge in [-0.15, -0.1) is 0 Å². The Morgan fingerprint density at radius 2 is 1.52 bits per heavy atom. The molecule has 2 N–H and O–H groups in total. The SMILES string of the molecule is O=C(NC(=Nc1ccccc1)Nc1ccccc1)c1cccc(Cl)c1. The summed E-state index contributed by atoms with van der Waals surface area (Å²) < 4.78 is 0. The fraction of sp³-hybridized carbons (Fsp3) is 0. The number of rotatable bonds is 3. The Hall–Kier alpha value is -3.11. The zero-order valence-corrected chi connectivity index (χ0v) is 14.1. The quantitative estimate of drug-likeness (QED) is 0.523. The molecular formula is C20H16ClN3O. The molecule has 0 saturated heterocycles. The van der Waals surface area contributed by atoms with Crippen LogP contribution in [-0.2, 0) is 0 Å². The average molecular weight is 350 g/mol. The van der Waals surface area contributed by atoms with Crippen LogP contribution in [0.1, 0.15) is 10.4 Å². The van der Waals surface area contributed by atoms with Crippen LogP contribution in [0.4, 0.5) is 11.4 Å². The largest absolute Gasteiger partial charge is 0.326 e. The third kappa shape index (κ3) is 4.93. The van der Waals surface area contributed by atoms with E-state index in [1.165, 1.54) is 0 Å². The third-order valence-corrected chi connectivity index (χ3v) is 3.59. The maximum Gasteiger partial charge on any atom is 0.258 e. The van der Waals surface area contributed by atoms with E-state index in [0.29, 0.717) is 16.5 Å². The molecule has 0 saturated carbocycles. The summed E-state index contributed by atoms with van der Waals surface area (Å²) in [7, 11) is 0. The van der Waals surface area contributed by atoms with Gasteiger partial charge in [-0.25, -0.2) is 4.99 Å². The summed E-state index contributed by atoms with van der Waals surface area (Å²) >= 11 is 5.96. The van der Waals surface area contributed by atoms with Gasteiger partial charge < -0.3 is 5.32 Å². The summed E-state index contributed by atoms with van der Waals surface area (Å²) in [5, 5.41) is 6.43. The minimum Gasteiger partial charge on any atom is -0.326 e. The first-order valence-electron chi connectivity index (χ1n) is 7.73. The highest BCUT2D eigenvalue weighted by Gasteiger charge is 2.10. The number of benzene rings is 3. The molecular weight excluding hydrogens is 334 g/mol. The lowest BCUT2D eigenvalue weighted by atomic mass is 10.2. The zero-order valence-electron chi connectivity index (χ0n) is 13.3. The number of carbonyl (C=O) groups is 1. The van der Waals surface area contributed by atoms with Crippen LogP contribution in [0.3, 0.4) is 0 Å². The highest BCUT2D eigenvalue weighted by atomic mass is 35.5. The molecule has 124 valence electrons. The summed E-state index contributed by atoms with van der Waals surface area (Å²) in [4.78, 5) is 17.0. The van der Waals surface area contributed by atoms with Crippen molar-refractivity contribution in [1.82, 2.24) is 5.32 Å². The lowest BCUT2D eigenvalue weighted by Crippen LogP contribution is -2.35. The van der Waals surface area contributed by atoms with Crippen LogP contribution < -0.4 is 10.6 Å². The topological polar surface area (TPSA) is 53.5 Å². The lowest BCUT2D eigenvalue weighted by Gasteiger charge is -2.12. The summed E-state index contributed by atoms with van der Waals surface area (Å²) in [5.41, 5.74) is 2.01. The van der Waals surface area contributed by atoms with Crippen LogP contribution in [0.25, 0.3) is 0 Å². The van der Waals surface area contributed by atoms with Gasteiger partial charge in [0.2, 0.25) is 5.96 Å². The number of guanidine groups is 1. The van der Waals surface area contributed by atoms with Crippen LogP contribution in [0, 0.1) is 0 Å². The third-order valence-electron chi connectivity index (χ3n) is 3.35. The molecule has 5 heteroatoms. The fourth-order valence-electron chi connectivity index (χ4n) is 2.19. The molecule has 0 bridgehead atoms. The zero-order chi connectivity index (χ0) is 17.5. The maximum absolute atomic E-state index is 12.5. The van der Waals surface area contributed by atoms with Crippen LogP contribution >= 0.6 is 11.6 Å². The molecule has 1 amide bonds. The van der Waals surface area contributed by atoms with E-state index in [9.17, 15) is 4.79 Å². The van der Waals surface area contributed by atoms with Gasteiger partial charge in [0.25, 0.3) is 5.91 Å². The number of halogens is 1. The average Bonchev–Trinajstić information content (AvgIpc) is 2.63. The number of nitrogens with zero attached hydrogens (tertiary/aromatic N) is 1. The molecule has 0 atom stereocenters. The molecule has 0 heterocycles. The van der Waals surface area contributed by atoms with E-state index < -0.39 is 0 Å². The Kier molecular flexibility index (Phi) is 5.44. The van der Waals surface area contributed by atoms with Gasteiger partial charge >= 0.3 is 0 Å². The highest BCUT2D eigenvalue weighted by molar-refractivity contribution is 6.31. The maximum atomic E-state index is 12.5. The molecule has 3 aromatic carbocycles. The Labute approximate surface area is 151 Å². The standard InChI is InChI=1S/C20H16ClN3O/c21-16-9-7-8-15(14-16)19(25)24-20(22-17-10-3-1-4-11-17)23-18-12-5-2-6-13-18/h1-14H,(H2,22,23,24,25). The first-order valence-corrected chi connectivity index (χ1v) is 8.11. The highest BCUT2D eigenvalue weighted by Crippen LogP contribution is 2.13. The van der Waals surface area contributed by atoms with E-state index in [1.54, 1.807) is 24.3 Å². The van der Waals surface area contributed by atoms with E-state index >= 15 is 0 Å². The van der Waals surface area contributed by atoms with Crippen molar-refractivity contribution in [3.8, 4) is 0 Å². The minimum absolute atomic E-state index is 0.291. The van der Waals surface area contributed by atoms with E-state index in [2.05, 4.69) is 15.6 Å². The van der Waals surface area contributed by atoms with Crippen molar-refractivity contribution in [3.05, 3.63) is 95.5 Å². The predicted molar refractivity (Wildman–Crippen MR) is 103 cm³/mol. The van der Waals surface area contributed by atoms with E-state index in [4.69, 9.17) is 11.6 Å². The minimum atomic E-state index is -0.291. The van der Waals surface area contributed by atoms with Crippen molar-refractivity contribution in [1.29, 1.82) is 0 Å². The smallest absolute Gasteiger partial charge is 0.258 e. The summed E-state index contributed by atoms with van der Waals surface area (Å²) in [5.74, 6) is 0.0444. The number of amides is 1. The molecule has 3 rings (SSSR count). The van der Waals surface area contributed by atoms with Crippen molar-refractivity contribution < 1.29 is 4.79 Å². The van der Waals surface area contributed by atoms with Crippen LogP contribution in [0.15, 0.2) is 89.9 Å². The van der Waals surface area contributed by atoms with Gasteiger partial charge in [0, 0.05) is 16.3 Å². The van der Waals surface area contributed by atoms with Gasteiger partial charge in [-0.3, -0.25) is 10.1 Å². The molecule has 3 aromatic rings. The first-order chi connectivity index (χ1) is 12.2. The summed E-state index contributed by atoms with van der Waals surface area (Å²) in [6.07, 6.45) is 0. The molecule has 0 aliphatic heterocycles. The van der Waals surface area contributed by atoms with E-state index in [-0.39, 0.29) is 5.91 Å². The second-order valence-corrected chi connectivity index (χ2v) is 5.69. The number of para-hydroxylation sites is 2. The van der Waals surface area contributed by atoms with Crippen molar-refractivity contribution in [2.75, 3.05) is 5.32 Å². The molecule has 0 aliphatic carbocycles. The second-order valence-electron chi connectivity index (χ2n) is 5.25. The monoisotopic (exact) mass is 349 g/mol. The van der Waals surface area contributed by atoms with Crippen molar-refractivity contribution in [2.45, 2.75) is 0 Å². The summed E-state index contributed by atoms with van der Waals surface area (Å²) in [6.45, 7) is 0. The Balaban J connectivity index is 1.85. The normalized spacial score (nSPS) is 11.0. The van der Waals surface area contributed by atoms with Gasteiger partial charge in [0.05, 0.1) is 5.69 Å². The van der Waals surface area contributed by atoms with Gasteiger partial charge in [0.15, 0.2) is 0 Å². The predicted octanol–water partition coefficient (Wildman–Crippen LogP) is 4.87. The van der Waals surface area contributed by atoms with E-state index in [0.717, 1.165) is 11.4 Å². The molecule has 0 aliphatic rings. The molecule has 0 aromatic heterocycles. The molecule has 25 heavy (non-hydrogen) atoms. The van der Waals surface area contributed by atoms with Crippen molar-refractivity contribution in [2.24, 2.45) is 4.99 Å². The number of anilines is 1. The fourth-order valence-corrected chi connectivity index (χ4v) is 2.38. The Morgan fingerprint density at radius 3 is 2.20 bits per heavy atom. The number of aliphatic imine (C=N–C) groups is 1. The number of hydrogen-bond donors (Lipinski definition) is 2. The van der Waals surface area contributed by atoms with Crippen LogP contribution in [0.5, 0.6) is 0 Å². The summed E-state index contributed by atoms with van der Waals surface area (Å²) in [6, 6.07) is 25.7. The number of hydrogen-bond acceptors (Lipinski definition) is 2. The van der Waals surface area contributed by atoms with Crippen molar-refractivity contribution >= 4 is 34.8 Å². The molecule has 0 unspecified atom stereocenters.